The normalized spacial score (nSPS) is 10.4. The number of thiophene rings is 1. The van der Waals surface area contributed by atoms with Crippen LogP contribution < -0.4 is 21.1 Å². The number of benzene rings is 2. The van der Waals surface area contributed by atoms with E-state index in [9.17, 15) is 9.18 Å². The Labute approximate surface area is 197 Å². The van der Waals surface area contributed by atoms with Crippen molar-refractivity contribution in [1.29, 1.82) is 0 Å². The number of nitrogens with zero attached hydrogens (tertiary/aromatic N) is 2. The highest BCUT2D eigenvalue weighted by molar-refractivity contribution is 7.20. The maximum Gasteiger partial charge on any atom is 0.312 e. The quantitative estimate of drug-likeness (QED) is 0.342. The van der Waals surface area contributed by atoms with Gasteiger partial charge in [0.05, 0.1) is 26.7 Å². The van der Waals surface area contributed by atoms with Gasteiger partial charge in [0.1, 0.15) is 24.5 Å². The van der Waals surface area contributed by atoms with E-state index in [0.29, 0.717) is 27.8 Å². The van der Waals surface area contributed by atoms with Gasteiger partial charge >= 0.3 is 6.03 Å². The molecular formula is C23H17ClFN5O2S. The first-order chi connectivity index (χ1) is 16.0. The topological polar surface area (TPSA) is 102 Å². The van der Waals surface area contributed by atoms with Crippen molar-refractivity contribution in [1.82, 2.24) is 15.3 Å². The van der Waals surface area contributed by atoms with Crippen LogP contribution >= 0.6 is 22.9 Å². The van der Waals surface area contributed by atoms with Crippen molar-refractivity contribution in [3.8, 4) is 17.6 Å². The number of urea groups is 1. The molecule has 33 heavy (non-hydrogen) atoms. The molecule has 166 valence electrons. The second-order valence-electron chi connectivity index (χ2n) is 6.76. The Kier molecular flexibility index (Phi) is 6.88. The summed E-state index contributed by atoms with van der Waals surface area (Å²) in [5.41, 5.74) is 7.18. The van der Waals surface area contributed by atoms with E-state index in [1.165, 1.54) is 29.8 Å². The summed E-state index contributed by atoms with van der Waals surface area (Å²) in [5.74, 6) is 6.58. The van der Waals surface area contributed by atoms with E-state index in [0.717, 1.165) is 15.1 Å². The number of primary amides is 1. The first-order valence-electron chi connectivity index (χ1n) is 9.68. The minimum atomic E-state index is -0.623. The van der Waals surface area contributed by atoms with Gasteiger partial charge in [-0.1, -0.05) is 35.6 Å². The molecule has 2 amide bonds. The second kappa shape index (κ2) is 10.2. The third kappa shape index (κ3) is 5.88. The van der Waals surface area contributed by atoms with Gasteiger partial charge in [0, 0.05) is 5.69 Å². The predicted molar refractivity (Wildman–Crippen MR) is 127 cm³/mol. The number of anilines is 2. The minimum Gasteiger partial charge on any atom is -0.487 e. The summed E-state index contributed by atoms with van der Waals surface area (Å²) in [6.45, 7) is 0.358. The number of halogens is 2. The zero-order valence-electron chi connectivity index (χ0n) is 17.1. The molecule has 0 atom stereocenters. The van der Waals surface area contributed by atoms with Crippen LogP contribution in [0.3, 0.4) is 0 Å². The number of fused-ring (bicyclic) bond motifs is 1. The first-order valence-corrected chi connectivity index (χ1v) is 10.9. The van der Waals surface area contributed by atoms with Gasteiger partial charge in [-0.2, -0.15) is 0 Å². The molecular weight excluding hydrogens is 465 g/mol. The maximum atomic E-state index is 13.3. The third-order valence-electron chi connectivity index (χ3n) is 4.35. The molecule has 0 spiro atoms. The molecule has 0 aliphatic carbocycles. The Bertz CT molecular complexity index is 1380. The number of nitrogens with two attached hydrogens (primary N) is 1. The van der Waals surface area contributed by atoms with Gasteiger partial charge in [0.2, 0.25) is 0 Å². The van der Waals surface area contributed by atoms with Crippen molar-refractivity contribution in [2.75, 3.05) is 11.9 Å². The van der Waals surface area contributed by atoms with Crippen LogP contribution in [0.1, 0.15) is 10.4 Å². The molecule has 0 fully saturated rings. The van der Waals surface area contributed by atoms with E-state index >= 15 is 0 Å². The summed E-state index contributed by atoms with van der Waals surface area (Å²) in [6.07, 6.45) is 1.46. The van der Waals surface area contributed by atoms with Gasteiger partial charge in [-0.25, -0.2) is 19.2 Å². The molecule has 10 heteroatoms. The number of hydrogen-bond donors (Lipinski definition) is 3. The minimum absolute atomic E-state index is 0.159. The standard InChI is InChI=1S/C23H17ClFN5O2S/c24-18-10-16(6-7-20(18)32-12-14-3-1-4-15(25)9-14)30-22-21-19(28-13-29-22)11-17(33-21)5-2-8-27-23(26)31/h1,3-4,6-7,9-11,13H,8,12H2,(H3,26,27,31)(H,28,29,30). The SMILES string of the molecule is NC(=O)NCC#Cc1cc2ncnc(Nc3ccc(OCc4cccc(F)c4)c(Cl)c3)c2s1. The Morgan fingerprint density at radius 3 is 2.88 bits per heavy atom. The molecule has 0 radical (unpaired) electrons. The second-order valence-corrected chi connectivity index (χ2v) is 8.22. The number of carbonyl (C=O) groups is 1. The molecule has 4 rings (SSSR count). The van der Waals surface area contributed by atoms with Crippen LogP contribution in [-0.4, -0.2) is 22.5 Å². The molecule has 4 aromatic rings. The third-order valence-corrected chi connectivity index (χ3v) is 5.69. The lowest BCUT2D eigenvalue weighted by molar-refractivity contribution is 0.250. The lowest BCUT2D eigenvalue weighted by Gasteiger charge is -2.11. The monoisotopic (exact) mass is 481 g/mol. The summed E-state index contributed by atoms with van der Waals surface area (Å²) >= 11 is 7.81. The largest absolute Gasteiger partial charge is 0.487 e. The smallest absolute Gasteiger partial charge is 0.312 e. The Hall–Kier alpha value is -3.87. The average molecular weight is 482 g/mol. The van der Waals surface area contributed by atoms with Crippen molar-refractivity contribution in [3.63, 3.8) is 0 Å². The van der Waals surface area contributed by atoms with Crippen LogP contribution in [0.2, 0.25) is 5.02 Å². The fourth-order valence-corrected chi connectivity index (χ4v) is 4.05. The van der Waals surface area contributed by atoms with Crippen LogP contribution in [0.4, 0.5) is 20.7 Å². The van der Waals surface area contributed by atoms with E-state index in [2.05, 4.69) is 32.4 Å². The Morgan fingerprint density at radius 1 is 1.21 bits per heavy atom. The van der Waals surface area contributed by atoms with Gasteiger partial charge in [-0.15, -0.1) is 11.3 Å². The van der Waals surface area contributed by atoms with E-state index in [1.54, 1.807) is 24.3 Å². The lowest BCUT2D eigenvalue weighted by Crippen LogP contribution is -2.29. The van der Waals surface area contributed by atoms with Gasteiger partial charge in [-0.3, -0.25) is 0 Å². The van der Waals surface area contributed by atoms with E-state index in [-0.39, 0.29) is 19.0 Å². The number of aromatic nitrogens is 2. The molecule has 2 heterocycles. The van der Waals surface area contributed by atoms with Crippen LogP contribution in [0.15, 0.2) is 54.9 Å². The molecule has 0 saturated carbocycles. The number of rotatable bonds is 6. The summed E-state index contributed by atoms with van der Waals surface area (Å²) in [7, 11) is 0. The van der Waals surface area contributed by atoms with Crippen molar-refractivity contribution in [2.45, 2.75) is 6.61 Å². The number of ether oxygens (including phenoxy) is 1. The van der Waals surface area contributed by atoms with Gasteiger partial charge in [0.25, 0.3) is 0 Å². The maximum absolute atomic E-state index is 13.3. The highest BCUT2D eigenvalue weighted by atomic mass is 35.5. The van der Waals surface area contributed by atoms with Gasteiger partial charge < -0.3 is 21.1 Å². The number of amides is 2. The number of hydrogen-bond acceptors (Lipinski definition) is 6. The zero-order chi connectivity index (χ0) is 23.2. The molecule has 4 N–H and O–H groups in total. The zero-order valence-corrected chi connectivity index (χ0v) is 18.6. The first kappa shape index (κ1) is 22.3. The van der Waals surface area contributed by atoms with Crippen LogP contribution in [0.25, 0.3) is 10.2 Å². The number of carbonyl (C=O) groups excluding carboxylic acids is 1. The molecule has 0 aliphatic rings. The molecule has 0 aliphatic heterocycles. The fourth-order valence-electron chi connectivity index (χ4n) is 2.89. The summed E-state index contributed by atoms with van der Waals surface area (Å²) < 4.78 is 19.9. The van der Waals surface area contributed by atoms with E-state index in [1.807, 2.05) is 12.1 Å². The molecule has 0 saturated heterocycles. The van der Waals surface area contributed by atoms with Gasteiger partial charge in [-0.05, 0) is 42.0 Å². The fraction of sp³-hybridized carbons (Fsp3) is 0.0870. The number of nitrogens with one attached hydrogen (secondary N) is 2. The highest BCUT2D eigenvalue weighted by Gasteiger charge is 2.10. The van der Waals surface area contributed by atoms with Crippen molar-refractivity contribution < 1.29 is 13.9 Å². The van der Waals surface area contributed by atoms with E-state index in [4.69, 9.17) is 22.1 Å². The van der Waals surface area contributed by atoms with Crippen LogP contribution in [0.5, 0.6) is 5.75 Å². The van der Waals surface area contributed by atoms with Crippen LogP contribution in [0, 0.1) is 17.7 Å². The lowest BCUT2D eigenvalue weighted by atomic mass is 10.2. The van der Waals surface area contributed by atoms with Gasteiger partial charge in [0.15, 0.2) is 5.82 Å². The van der Waals surface area contributed by atoms with Crippen molar-refractivity contribution in [3.05, 3.63) is 76.1 Å². The van der Waals surface area contributed by atoms with Crippen molar-refractivity contribution in [2.24, 2.45) is 5.73 Å². The van der Waals surface area contributed by atoms with Crippen LogP contribution in [-0.2, 0) is 6.61 Å². The average Bonchev–Trinajstić information content (AvgIpc) is 3.20. The molecule has 2 aromatic heterocycles. The molecule has 0 bridgehead atoms. The van der Waals surface area contributed by atoms with E-state index < -0.39 is 6.03 Å². The summed E-state index contributed by atoms with van der Waals surface area (Å²) in [6, 6.07) is 12.7. The Morgan fingerprint density at radius 2 is 2.09 bits per heavy atom. The molecule has 7 nitrogen and oxygen atoms in total. The molecule has 2 aromatic carbocycles. The summed E-state index contributed by atoms with van der Waals surface area (Å²) in [5, 5.41) is 6.06. The predicted octanol–water partition coefficient (Wildman–Crippen LogP) is 4.83. The molecule has 0 unspecified atom stereocenters. The highest BCUT2D eigenvalue weighted by Crippen LogP contribution is 2.33. The Balaban J connectivity index is 1.47. The van der Waals surface area contributed by atoms with Crippen molar-refractivity contribution >= 4 is 50.7 Å². The summed E-state index contributed by atoms with van der Waals surface area (Å²) in [4.78, 5) is 20.1.